The van der Waals surface area contributed by atoms with Gasteiger partial charge in [0.15, 0.2) is 5.82 Å². The molecule has 2 aromatic rings. The summed E-state index contributed by atoms with van der Waals surface area (Å²) in [6.07, 6.45) is 5.89. The Kier molecular flexibility index (Phi) is 3.16. The smallest absolute Gasteiger partial charge is 0.261 e. The van der Waals surface area contributed by atoms with Crippen molar-refractivity contribution >= 4 is 0 Å². The zero-order valence-corrected chi connectivity index (χ0v) is 13.2. The molecule has 6 heteroatoms. The third-order valence-corrected chi connectivity index (χ3v) is 4.24. The van der Waals surface area contributed by atoms with Crippen molar-refractivity contribution < 1.29 is 4.52 Å². The zero-order valence-electron chi connectivity index (χ0n) is 13.2. The topological polar surface area (TPSA) is 82.8 Å². The second-order valence-corrected chi connectivity index (χ2v) is 7.01. The third kappa shape index (κ3) is 2.37. The molecule has 0 amide bonds. The van der Waals surface area contributed by atoms with E-state index in [4.69, 9.17) is 10.3 Å². The SMILES string of the molecule is Cc1c(-c2nc(C3(N)CCCC3)no2)cnn1C(C)(C)C. The first-order valence-electron chi connectivity index (χ1n) is 7.50. The molecule has 6 nitrogen and oxygen atoms in total. The number of nitrogens with zero attached hydrogens (tertiary/aromatic N) is 4. The van der Waals surface area contributed by atoms with Gasteiger partial charge in [-0.2, -0.15) is 10.1 Å². The van der Waals surface area contributed by atoms with E-state index < -0.39 is 5.54 Å². The molecule has 0 saturated heterocycles. The fourth-order valence-corrected chi connectivity index (χ4v) is 3.06. The van der Waals surface area contributed by atoms with E-state index in [0.717, 1.165) is 36.9 Å². The Bertz CT molecular complexity index is 643. The summed E-state index contributed by atoms with van der Waals surface area (Å²) < 4.78 is 7.41. The van der Waals surface area contributed by atoms with Crippen LogP contribution in [-0.2, 0) is 11.1 Å². The average Bonchev–Trinajstić information content (AvgIpc) is 3.06. The average molecular weight is 289 g/mol. The van der Waals surface area contributed by atoms with Gasteiger partial charge in [-0.05, 0) is 40.5 Å². The molecule has 0 aromatic carbocycles. The van der Waals surface area contributed by atoms with Crippen molar-refractivity contribution in [1.82, 2.24) is 19.9 Å². The zero-order chi connectivity index (χ0) is 15.3. The van der Waals surface area contributed by atoms with Gasteiger partial charge in [-0.15, -0.1) is 0 Å². The molecule has 3 rings (SSSR count). The van der Waals surface area contributed by atoms with Crippen molar-refractivity contribution in [2.45, 2.75) is 64.5 Å². The maximum atomic E-state index is 6.38. The van der Waals surface area contributed by atoms with Gasteiger partial charge in [-0.1, -0.05) is 18.0 Å². The van der Waals surface area contributed by atoms with Crippen molar-refractivity contribution in [3.63, 3.8) is 0 Å². The second kappa shape index (κ2) is 4.66. The summed E-state index contributed by atoms with van der Waals surface area (Å²) in [5.74, 6) is 1.13. The molecule has 0 atom stereocenters. The Labute approximate surface area is 124 Å². The second-order valence-electron chi connectivity index (χ2n) is 7.01. The number of rotatable bonds is 2. The highest BCUT2D eigenvalue weighted by molar-refractivity contribution is 5.55. The van der Waals surface area contributed by atoms with Crippen LogP contribution in [-0.4, -0.2) is 19.9 Å². The standard InChI is InChI=1S/C15H23N5O/c1-10-11(9-17-20(10)14(2,3)4)12-18-13(19-21-12)15(16)7-5-6-8-15/h9H,5-8,16H2,1-4H3. The number of hydrogen-bond donors (Lipinski definition) is 1. The van der Waals surface area contributed by atoms with Crippen molar-refractivity contribution in [2.75, 3.05) is 0 Å². The molecule has 2 aromatic heterocycles. The molecule has 1 aliphatic carbocycles. The Balaban J connectivity index is 1.96. The number of hydrogen-bond acceptors (Lipinski definition) is 5. The predicted octanol–water partition coefficient (Wildman–Crippen LogP) is 2.72. The van der Waals surface area contributed by atoms with Gasteiger partial charge in [0.1, 0.15) is 0 Å². The van der Waals surface area contributed by atoms with Crippen LogP contribution in [0.2, 0.25) is 0 Å². The molecule has 1 aliphatic rings. The molecule has 114 valence electrons. The van der Waals surface area contributed by atoms with Crippen LogP contribution in [0.5, 0.6) is 0 Å². The van der Waals surface area contributed by atoms with E-state index >= 15 is 0 Å². The summed E-state index contributed by atoms with van der Waals surface area (Å²) in [7, 11) is 0. The van der Waals surface area contributed by atoms with Crippen LogP contribution < -0.4 is 5.73 Å². The lowest BCUT2D eigenvalue weighted by Gasteiger charge is -2.21. The van der Waals surface area contributed by atoms with Crippen molar-refractivity contribution in [3.8, 4) is 11.5 Å². The molecular formula is C15H23N5O. The van der Waals surface area contributed by atoms with Gasteiger partial charge in [-0.3, -0.25) is 4.68 Å². The Morgan fingerprint density at radius 1 is 1.29 bits per heavy atom. The van der Waals surface area contributed by atoms with E-state index in [0.29, 0.717) is 11.7 Å². The van der Waals surface area contributed by atoms with Gasteiger partial charge in [-0.25, -0.2) is 0 Å². The summed E-state index contributed by atoms with van der Waals surface area (Å²) in [4.78, 5) is 4.53. The Morgan fingerprint density at radius 3 is 2.52 bits per heavy atom. The van der Waals surface area contributed by atoms with Crippen molar-refractivity contribution in [2.24, 2.45) is 5.73 Å². The van der Waals surface area contributed by atoms with E-state index in [1.165, 1.54) is 0 Å². The van der Waals surface area contributed by atoms with E-state index in [1.807, 2.05) is 11.6 Å². The van der Waals surface area contributed by atoms with Crippen LogP contribution in [0, 0.1) is 6.92 Å². The first-order chi connectivity index (χ1) is 9.81. The highest BCUT2D eigenvalue weighted by Gasteiger charge is 2.36. The van der Waals surface area contributed by atoms with Crippen molar-refractivity contribution in [1.29, 1.82) is 0 Å². The van der Waals surface area contributed by atoms with Crippen LogP contribution >= 0.6 is 0 Å². The van der Waals surface area contributed by atoms with Gasteiger partial charge in [0.05, 0.1) is 22.8 Å². The fraction of sp³-hybridized carbons (Fsp3) is 0.667. The van der Waals surface area contributed by atoms with Gasteiger partial charge in [0.25, 0.3) is 5.89 Å². The number of aromatic nitrogens is 4. The maximum absolute atomic E-state index is 6.38. The first kappa shape index (κ1) is 14.3. The minimum atomic E-state index is -0.421. The van der Waals surface area contributed by atoms with E-state index in [1.54, 1.807) is 6.20 Å². The lowest BCUT2D eigenvalue weighted by atomic mass is 9.99. The van der Waals surface area contributed by atoms with Crippen molar-refractivity contribution in [3.05, 3.63) is 17.7 Å². The fourth-order valence-electron chi connectivity index (χ4n) is 3.06. The highest BCUT2D eigenvalue weighted by atomic mass is 16.5. The summed E-state index contributed by atoms with van der Waals surface area (Å²) in [6.45, 7) is 8.36. The van der Waals surface area contributed by atoms with Crippen LogP contribution in [0.4, 0.5) is 0 Å². The first-order valence-corrected chi connectivity index (χ1v) is 7.50. The molecule has 0 radical (unpaired) electrons. The minimum absolute atomic E-state index is 0.0777. The molecule has 0 unspecified atom stereocenters. The van der Waals surface area contributed by atoms with Gasteiger partial charge in [0, 0.05) is 5.69 Å². The van der Waals surface area contributed by atoms with Crippen LogP contribution in [0.1, 0.15) is 58.0 Å². The summed E-state index contributed by atoms with van der Waals surface area (Å²) in [5, 5.41) is 8.56. The minimum Gasteiger partial charge on any atom is -0.334 e. The normalized spacial score (nSPS) is 18.3. The molecule has 2 heterocycles. The van der Waals surface area contributed by atoms with Gasteiger partial charge in [0.2, 0.25) is 0 Å². The maximum Gasteiger partial charge on any atom is 0.261 e. The Morgan fingerprint density at radius 2 is 1.95 bits per heavy atom. The molecule has 0 bridgehead atoms. The molecule has 1 fully saturated rings. The van der Waals surface area contributed by atoms with Crippen LogP contribution in [0.15, 0.2) is 10.7 Å². The number of nitrogens with two attached hydrogens (primary N) is 1. The predicted molar refractivity (Wildman–Crippen MR) is 79.6 cm³/mol. The molecule has 0 spiro atoms. The quantitative estimate of drug-likeness (QED) is 0.919. The van der Waals surface area contributed by atoms with Crippen LogP contribution in [0.25, 0.3) is 11.5 Å². The largest absolute Gasteiger partial charge is 0.334 e. The third-order valence-electron chi connectivity index (χ3n) is 4.24. The Hall–Kier alpha value is -1.69. The monoisotopic (exact) mass is 289 g/mol. The van der Waals surface area contributed by atoms with Crippen LogP contribution in [0.3, 0.4) is 0 Å². The summed E-state index contributed by atoms with van der Waals surface area (Å²) in [6, 6.07) is 0. The molecule has 21 heavy (non-hydrogen) atoms. The molecule has 2 N–H and O–H groups in total. The van der Waals surface area contributed by atoms with E-state index in [-0.39, 0.29) is 5.54 Å². The molecule has 1 saturated carbocycles. The van der Waals surface area contributed by atoms with Gasteiger partial charge >= 0.3 is 0 Å². The summed E-state index contributed by atoms with van der Waals surface area (Å²) >= 11 is 0. The van der Waals surface area contributed by atoms with E-state index in [9.17, 15) is 0 Å². The van der Waals surface area contributed by atoms with Gasteiger partial charge < -0.3 is 10.3 Å². The molecule has 0 aliphatic heterocycles. The van der Waals surface area contributed by atoms with E-state index in [2.05, 4.69) is 36.0 Å². The lowest BCUT2D eigenvalue weighted by Crippen LogP contribution is -2.34. The lowest BCUT2D eigenvalue weighted by molar-refractivity contribution is 0.347. The molecular weight excluding hydrogens is 266 g/mol. The summed E-state index contributed by atoms with van der Waals surface area (Å²) in [5.41, 5.74) is 7.78. The highest BCUT2D eigenvalue weighted by Crippen LogP contribution is 2.36.